The first-order valence-corrected chi connectivity index (χ1v) is 10.9. The molecule has 2 aliphatic heterocycles. The summed E-state index contributed by atoms with van der Waals surface area (Å²) in [5.74, 6) is 1.32. The largest absolute Gasteiger partial charge is 0.486 e. The Bertz CT molecular complexity index is 1190. The van der Waals surface area contributed by atoms with Crippen molar-refractivity contribution in [3.63, 3.8) is 0 Å². The van der Waals surface area contributed by atoms with Crippen LogP contribution in [0.4, 0.5) is 0 Å². The lowest BCUT2D eigenvalue weighted by atomic mass is 10.0. The number of aromatic amines is 1. The molecule has 1 atom stereocenters. The van der Waals surface area contributed by atoms with E-state index < -0.39 is 0 Å². The SMILES string of the molecule is CC(=O)c1ccc2c(c1)OCC(CN1CCC(n3c(=O)[nH]c4cc(Cl)ccc43)CC1)O2. The summed E-state index contributed by atoms with van der Waals surface area (Å²) in [7, 11) is 0. The maximum atomic E-state index is 12.5. The van der Waals surface area contributed by atoms with Gasteiger partial charge < -0.3 is 14.5 Å². The van der Waals surface area contributed by atoms with Crippen molar-refractivity contribution in [1.82, 2.24) is 14.5 Å². The van der Waals surface area contributed by atoms with Crippen molar-refractivity contribution < 1.29 is 14.3 Å². The number of H-pyrrole nitrogens is 1. The van der Waals surface area contributed by atoms with Gasteiger partial charge in [0.05, 0.1) is 11.0 Å². The smallest absolute Gasteiger partial charge is 0.326 e. The van der Waals surface area contributed by atoms with Gasteiger partial charge in [0, 0.05) is 36.3 Å². The molecule has 3 aromatic rings. The molecule has 1 N–H and O–H groups in total. The number of rotatable bonds is 4. The van der Waals surface area contributed by atoms with Gasteiger partial charge in [-0.25, -0.2) is 4.79 Å². The molecule has 3 heterocycles. The average molecular weight is 442 g/mol. The van der Waals surface area contributed by atoms with Crippen molar-refractivity contribution >= 4 is 28.4 Å². The fraction of sp³-hybridized carbons (Fsp3) is 0.391. The second-order valence-electron chi connectivity index (χ2n) is 8.26. The van der Waals surface area contributed by atoms with Gasteiger partial charge in [0.25, 0.3) is 0 Å². The van der Waals surface area contributed by atoms with Crippen LogP contribution in [0.3, 0.4) is 0 Å². The predicted octanol–water partition coefficient (Wildman–Crippen LogP) is 3.66. The number of fused-ring (bicyclic) bond motifs is 2. The van der Waals surface area contributed by atoms with Gasteiger partial charge in [-0.1, -0.05) is 11.6 Å². The molecule has 7 nitrogen and oxygen atoms in total. The summed E-state index contributed by atoms with van der Waals surface area (Å²) in [6, 6.07) is 11.0. The summed E-state index contributed by atoms with van der Waals surface area (Å²) < 4.78 is 13.8. The Hall–Kier alpha value is -2.77. The lowest BCUT2D eigenvalue weighted by Gasteiger charge is -2.36. The second-order valence-corrected chi connectivity index (χ2v) is 8.70. The Labute approximate surface area is 184 Å². The monoisotopic (exact) mass is 441 g/mol. The number of piperidine rings is 1. The fourth-order valence-electron chi connectivity index (χ4n) is 4.54. The van der Waals surface area contributed by atoms with E-state index in [0.29, 0.717) is 28.7 Å². The predicted molar refractivity (Wildman–Crippen MR) is 119 cm³/mol. The van der Waals surface area contributed by atoms with Crippen molar-refractivity contribution in [1.29, 1.82) is 0 Å². The van der Waals surface area contributed by atoms with E-state index in [9.17, 15) is 9.59 Å². The summed E-state index contributed by atoms with van der Waals surface area (Å²) in [6.07, 6.45) is 1.72. The molecule has 0 bridgehead atoms. The molecule has 0 saturated carbocycles. The van der Waals surface area contributed by atoms with Gasteiger partial charge in [0.15, 0.2) is 17.3 Å². The number of nitrogens with zero attached hydrogens (tertiary/aromatic N) is 2. The lowest BCUT2D eigenvalue weighted by molar-refractivity contribution is 0.0484. The molecule has 0 radical (unpaired) electrons. The number of likely N-dealkylation sites (tertiary alicyclic amines) is 1. The van der Waals surface area contributed by atoms with Gasteiger partial charge in [-0.15, -0.1) is 0 Å². The van der Waals surface area contributed by atoms with Crippen LogP contribution in [0.25, 0.3) is 11.0 Å². The molecule has 162 valence electrons. The number of aromatic nitrogens is 2. The number of nitrogens with one attached hydrogen (secondary N) is 1. The van der Waals surface area contributed by atoms with Crippen LogP contribution in [-0.2, 0) is 0 Å². The number of ether oxygens (including phenoxy) is 2. The van der Waals surface area contributed by atoms with E-state index in [2.05, 4.69) is 9.88 Å². The maximum Gasteiger partial charge on any atom is 0.326 e. The lowest BCUT2D eigenvalue weighted by Crippen LogP contribution is -2.45. The molecule has 31 heavy (non-hydrogen) atoms. The molecule has 0 aliphatic carbocycles. The molecule has 1 saturated heterocycles. The third-order valence-electron chi connectivity index (χ3n) is 6.13. The molecule has 0 amide bonds. The Morgan fingerprint density at radius 2 is 1.97 bits per heavy atom. The highest BCUT2D eigenvalue weighted by Gasteiger charge is 2.28. The third kappa shape index (κ3) is 3.95. The molecule has 2 aliphatic rings. The summed E-state index contributed by atoms with van der Waals surface area (Å²) in [5.41, 5.74) is 2.22. The van der Waals surface area contributed by atoms with Crippen molar-refractivity contribution in [2.75, 3.05) is 26.2 Å². The first kappa shape index (κ1) is 20.2. The van der Waals surface area contributed by atoms with Crippen LogP contribution in [-0.4, -0.2) is 52.6 Å². The minimum absolute atomic E-state index is 0.00815. The van der Waals surface area contributed by atoms with Crippen molar-refractivity contribution in [3.8, 4) is 11.5 Å². The third-order valence-corrected chi connectivity index (χ3v) is 6.37. The number of carbonyl (C=O) groups excluding carboxylic acids is 1. The molecule has 5 rings (SSSR count). The van der Waals surface area contributed by atoms with Gasteiger partial charge in [-0.3, -0.25) is 14.3 Å². The quantitative estimate of drug-likeness (QED) is 0.625. The highest BCUT2D eigenvalue weighted by Crippen LogP contribution is 2.33. The van der Waals surface area contributed by atoms with E-state index >= 15 is 0 Å². The number of hydrogen-bond donors (Lipinski definition) is 1. The van der Waals surface area contributed by atoms with Gasteiger partial charge in [0.1, 0.15) is 12.7 Å². The normalized spacial score (nSPS) is 19.6. The molecule has 8 heteroatoms. The summed E-state index contributed by atoms with van der Waals surface area (Å²) in [4.78, 5) is 29.3. The van der Waals surface area contributed by atoms with Crippen molar-refractivity contribution in [2.24, 2.45) is 0 Å². The van der Waals surface area contributed by atoms with Crippen LogP contribution in [0.5, 0.6) is 11.5 Å². The van der Waals surface area contributed by atoms with Gasteiger partial charge in [0.2, 0.25) is 0 Å². The van der Waals surface area contributed by atoms with E-state index in [1.54, 1.807) is 24.3 Å². The zero-order chi connectivity index (χ0) is 21.5. The van der Waals surface area contributed by atoms with Gasteiger partial charge >= 0.3 is 5.69 Å². The first-order valence-electron chi connectivity index (χ1n) is 10.5. The molecule has 1 fully saturated rings. The Morgan fingerprint density at radius 3 is 2.74 bits per heavy atom. The zero-order valence-corrected chi connectivity index (χ0v) is 18.0. The first-order chi connectivity index (χ1) is 15.0. The van der Waals surface area contributed by atoms with Gasteiger partial charge in [-0.05, 0) is 56.2 Å². The van der Waals surface area contributed by atoms with Crippen LogP contribution in [0.15, 0.2) is 41.2 Å². The van der Waals surface area contributed by atoms with E-state index in [4.69, 9.17) is 21.1 Å². The van der Waals surface area contributed by atoms with E-state index in [0.717, 1.165) is 43.5 Å². The highest BCUT2D eigenvalue weighted by molar-refractivity contribution is 6.31. The minimum atomic E-state index is -0.0822. The Balaban J connectivity index is 1.22. The molecule has 2 aromatic carbocycles. The van der Waals surface area contributed by atoms with Crippen LogP contribution in [0, 0.1) is 0 Å². The molecule has 1 unspecified atom stereocenters. The number of ketones is 1. The summed E-state index contributed by atoms with van der Waals surface area (Å²) in [5, 5.41) is 0.615. The summed E-state index contributed by atoms with van der Waals surface area (Å²) in [6.45, 7) is 4.52. The number of Topliss-reactive ketones (excluding diaryl/α,β-unsaturated/α-hetero) is 1. The van der Waals surface area contributed by atoms with Crippen LogP contribution in [0.1, 0.15) is 36.2 Å². The Kier molecular flexibility index (Phi) is 5.24. The zero-order valence-electron chi connectivity index (χ0n) is 17.3. The second kappa shape index (κ2) is 8.05. The molecular formula is C23H24ClN3O4. The topological polar surface area (TPSA) is 76.6 Å². The van der Waals surface area contributed by atoms with Crippen LogP contribution < -0.4 is 15.2 Å². The van der Waals surface area contributed by atoms with Crippen molar-refractivity contribution in [2.45, 2.75) is 31.9 Å². The van der Waals surface area contributed by atoms with Crippen LogP contribution >= 0.6 is 11.6 Å². The highest BCUT2D eigenvalue weighted by atomic mass is 35.5. The van der Waals surface area contributed by atoms with Gasteiger partial charge in [-0.2, -0.15) is 0 Å². The number of benzene rings is 2. The number of carbonyl (C=O) groups is 1. The Morgan fingerprint density at radius 1 is 1.16 bits per heavy atom. The van der Waals surface area contributed by atoms with E-state index in [-0.39, 0.29) is 23.6 Å². The molecular weight excluding hydrogens is 418 g/mol. The summed E-state index contributed by atoms with van der Waals surface area (Å²) >= 11 is 6.06. The van der Waals surface area contributed by atoms with E-state index in [1.165, 1.54) is 6.92 Å². The maximum absolute atomic E-state index is 12.5. The number of imidazole rings is 1. The molecule has 0 spiro atoms. The number of halogens is 1. The number of hydrogen-bond acceptors (Lipinski definition) is 5. The van der Waals surface area contributed by atoms with E-state index in [1.807, 2.05) is 16.7 Å². The standard InChI is InChI=1S/C23H24ClN3O4/c1-14(28)15-2-5-21-22(10-15)30-13-18(31-21)12-26-8-6-17(7-9-26)27-20-4-3-16(24)11-19(20)25-23(27)29/h2-5,10-11,17-18H,6-9,12-13H2,1H3,(H,25,29). The van der Waals surface area contributed by atoms with Crippen molar-refractivity contribution in [3.05, 3.63) is 57.5 Å². The molecule has 1 aromatic heterocycles. The fourth-order valence-corrected chi connectivity index (χ4v) is 4.71. The average Bonchev–Trinajstić information content (AvgIpc) is 3.08. The van der Waals surface area contributed by atoms with Crippen LogP contribution in [0.2, 0.25) is 5.02 Å². The minimum Gasteiger partial charge on any atom is -0.486 e.